The predicted octanol–water partition coefficient (Wildman–Crippen LogP) is 4.43. The quantitative estimate of drug-likeness (QED) is 0.285. The molecule has 0 aliphatic heterocycles. The van der Waals surface area contributed by atoms with E-state index < -0.39 is 27.9 Å². The van der Waals surface area contributed by atoms with Crippen LogP contribution < -0.4 is 0 Å². The molecule has 10 nitrogen and oxygen atoms in total. The summed E-state index contributed by atoms with van der Waals surface area (Å²) in [6.45, 7) is -0.0390. The lowest BCUT2D eigenvalue weighted by atomic mass is 10.0. The van der Waals surface area contributed by atoms with Crippen molar-refractivity contribution in [2.75, 3.05) is 6.61 Å². The number of benzene rings is 3. The van der Waals surface area contributed by atoms with Gasteiger partial charge in [-0.3, -0.25) is 20.2 Å². The maximum atomic E-state index is 12.7. The molecule has 1 aliphatic rings. The zero-order chi connectivity index (χ0) is 24.2. The Hall–Kier alpha value is -4.60. The van der Waals surface area contributed by atoms with Gasteiger partial charge in [0.1, 0.15) is 6.10 Å². The Labute approximate surface area is 193 Å². The normalized spacial score (nSPS) is 16.4. The van der Waals surface area contributed by atoms with Gasteiger partial charge in [0, 0.05) is 30.2 Å². The molecule has 0 saturated heterocycles. The summed E-state index contributed by atoms with van der Waals surface area (Å²) in [7, 11) is 0. The number of nitrogens with zero attached hydrogens (tertiary/aromatic N) is 2. The van der Waals surface area contributed by atoms with E-state index in [1.54, 1.807) is 0 Å². The van der Waals surface area contributed by atoms with Crippen LogP contribution in [0.25, 0.3) is 0 Å². The van der Waals surface area contributed by atoms with E-state index in [1.165, 1.54) is 48.5 Å². The van der Waals surface area contributed by atoms with E-state index in [4.69, 9.17) is 9.47 Å². The van der Waals surface area contributed by atoms with Crippen molar-refractivity contribution in [2.45, 2.75) is 12.5 Å². The Balaban J connectivity index is 1.47. The second-order valence-electron chi connectivity index (χ2n) is 7.70. The number of nitro groups is 2. The van der Waals surface area contributed by atoms with Gasteiger partial charge in [-0.1, -0.05) is 24.3 Å². The van der Waals surface area contributed by atoms with Gasteiger partial charge in [-0.25, -0.2) is 9.59 Å². The minimum atomic E-state index is -0.677. The lowest BCUT2D eigenvalue weighted by molar-refractivity contribution is -0.385. The summed E-state index contributed by atoms with van der Waals surface area (Å²) in [5.74, 6) is -1.64. The number of carbonyl (C=O) groups is 2. The molecule has 0 heterocycles. The SMILES string of the molecule is O=C(OC[C@@H]1Cc2ccccc2[C@@H]1OC(=O)c1ccc([N+](=O)[O-])cc1)c1ccc([N+](=O)[O-])cc1. The van der Waals surface area contributed by atoms with Crippen molar-refractivity contribution in [2.24, 2.45) is 5.92 Å². The summed E-state index contributed by atoms with van der Waals surface area (Å²) in [6.07, 6.45) is -0.161. The number of rotatable bonds is 7. The largest absolute Gasteiger partial charge is 0.462 e. The highest BCUT2D eigenvalue weighted by Gasteiger charge is 2.36. The number of ether oxygens (including phenoxy) is 2. The average molecular weight is 462 g/mol. The number of fused-ring (bicyclic) bond motifs is 1. The molecule has 0 radical (unpaired) electrons. The highest BCUT2D eigenvalue weighted by molar-refractivity contribution is 5.90. The van der Waals surface area contributed by atoms with Gasteiger partial charge in [0.2, 0.25) is 0 Å². The Morgan fingerprint density at radius 3 is 1.88 bits per heavy atom. The molecule has 10 heteroatoms. The molecule has 0 bridgehead atoms. The monoisotopic (exact) mass is 462 g/mol. The summed E-state index contributed by atoms with van der Waals surface area (Å²) in [5, 5.41) is 21.6. The number of non-ortho nitro benzene ring substituents is 2. The number of nitro benzene ring substituents is 2. The van der Waals surface area contributed by atoms with Crippen molar-refractivity contribution in [3.63, 3.8) is 0 Å². The molecule has 1 aliphatic carbocycles. The van der Waals surface area contributed by atoms with Gasteiger partial charge >= 0.3 is 11.9 Å². The van der Waals surface area contributed by atoms with Crippen LogP contribution in [0.2, 0.25) is 0 Å². The second kappa shape index (κ2) is 9.49. The molecule has 0 N–H and O–H groups in total. The fourth-order valence-corrected chi connectivity index (χ4v) is 3.84. The van der Waals surface area contributed by atoms with Crippen LogP contribution in [0.15, 0.2) is 72.8 Å². The van der Waals surface area contributed by atoms with Crippen LogP contribution >= 0.6 is 0 Å². The first-order chi connectivity index (χ1) is 16.3. The van der Waals surface area contributed by atoms with Crippen molar-refractivity contribution in [1.29, 1.82) is 0 Å². The molecule has 0 saturated carbocycles. The third-order valence-corrected chi connectivity index (χ3v) is 5.56. The molecule has 0 amide bonds. The van der Waals surface area contributed by atoms with Crippen LogP contribution in [0.1, 0.15) is 37.9 Å². The zero-order valence-electron chi connectivity index (χ0n) is 17.7. The number of carbonyl (C=O) groups excluding carboxylic acids is 2. The molecule has 0 unspecified atom stereocenters. The van der Waals surface area contributed by atoms with Gasteiger partial charge < -0.3 is 9.47 Å². The van der Waals surface area contributed by atoms with Crippen LogP contribution in [-0.4, -0.2) is 28.4 Å². The molecular formula is C24H18N2O8. The van der Waals surface area contributed by atoms with Gasteiger partial charge in [0.15, 0.2) is 0 Å². The number of esters is 2. The summed E-state index contributed by atoms with van der Waals surface area (Å²) in [5.41, 5.74) is 1.81. The van der Waals surface area contributed by atoms with E-state index in [0.29, 0.717) is 6.42 Å². The molecule has 34 heavy (non-hydrogen) atoms. The van der Waals surface area contributed by atoms with Crippen molar-refractivity contribution < 1.29 is 28.9 Å². The highest BCUT2D eigenvalue weighted by atomic mass is 16.6. The van der Waals surface area contributed by atoms with Gasteiger partial charge in [-0.2, -0.15) is 0 Å². The first-order valence-electron chi connectivity index (χ1n) is 10.3. The maximum Gasteiger partial charge on any atom is 0.338 e. The fourth-order valence-electron chi connectivity index (χ4n) is 3.84. The summed E-state index contributed by atoms with van der Waals surface area (Å²) in [4.78, 5) is 45.7. The molecule has 0 aromatic heterocycles. The van der Waals surface area contributed by atoms with E-state index in [-0.39, 0.29) is 35.0 Å². The molecule has 0 fully saturated rings. The van der Waals surface area contributed by atoms with Crippen molar-refractivity contribution in [1.82, 2.24) is 0 Å². The summed E-state index contributed by atoms with van der Waals surface area (Å²) >= 11 is 0. The van der Waals surface area contributed by atoms with E-state index in [0.717, 1.165) is 11.1 Å². The summed E-state index contributed by atoms with van der Waals surface area (Å²) < 4.78 is 11.2. The van der Waals surface area contributed by atoms with Gasteiger partial charge in [0.05, 0.1) is 27.6 Å². The molecule has 3 aromatic carbocycles. The fraction of sp³-hybridized carbons (Fsp3) is 0.167. The van der Waals surface area contributed by atoms with Gasteiger partial charge in [-0.05, 0) is 41.8 Å². The third kappa shape index (κ3) is 4.75. The molecule has 4 rings (SSSR count). The molecule has 2 atom stereocenters. The van der Waals surface area contributed by atoms with Gasteiger partial charge in [0.25, 0.3) is 11.4 Å². The lowest BCUT2D eigenvalue weighted by Gasteiger charge is -2.21. The minimum absolute atomic E-state index is 0.0390. The van der Waals surface area contributed by atoms with Crippen molar-refractivity contribution in [3.8, 4) is 0 Å². The number of hydrogen-bond donors (Lipinski definition) is 0. The average Bonchev–Trinajstić information content (AvgIpc) is 3.19. The minimum Gasteiger partial charge on any atom is -0.462 e. The van der Waals surface area contributed by atoms with Crippen molar-refractivity contribution >= 4 is 23.3 Å². The van der Waals surface area contributed by atoms with Gasteiger partial charge in [-0.15, -0.1) is 0 Å². The van der Waals surface area contributed by atoms with E-state index in [9.17, 15) is 29.8 Å². The molecule has 172 valence electrons. The molecular weight excluding hydrogens is 444 g/mol. The van der Waals surface area contributed by atoms with E-state index in [2.05, 4.69) is 0 Å². The lowest BCUT2D eigenvalue weighted by Crippen LogP contribution is -2.22. The van der Waals surface area contributed by atoms with E-state index in [1.807, 2.05) is 24.3 Å². The van der Waals surface area contributed by atoms with E-state index >= 15 is 0 Å². The second-order valence-corrected chi connectivity index (χ2v) is 7.70. The molecule has 3 aromatic rings. The predicted molar refractivity (Wildman–Crippen MR) is 118 cm³/mol. The van der Waals surface area contributed by atoms with Crippen LogP contribution in [-0.2, 0) is 15.9 Å². The first-order valence-corrected chi connectivity index (χ1v) is 10.3. The Kier molecular flexibility index (Phi) is 6.30. The topological polar surface area (TPSA) is 139 Å². The highest BCUT2D eigenvalue weighted by Crippen LogP contribution is 2.39. The Bertz CT molecular complexity index is 1250. The number of hydrogen-bond acceptors (Lipinski definition) is 8. The van der Waals surface area contributed by atoms with Crippen LogP contribution in [0.5, 0.6) is 0 Å². The molecule has 0 spiro atoms. The van der Waals surface area contributed by atoms with Crippen LogP contribution in [0.4, 0.5) is 11.4 Å². The zero-order valence-corrected chi connectivity index (χ0v) is 17.7. The standard InChI is InChI=1S/C24H18N2O8/c27-23(15-5-9-19(10-6-15)25(29)30)33-14-18-13-17-3-1-2-4-21(17)22(18)34-24(28)16-7-11-20(12-8-16)26(31)32/h1-12,18,22H,13-14H2/t18-,22+/m0/s1. The summed E-state index contributed by atoms with van der Waals surface area (Å²) in [6, 6.07) is 17.6. The van der Waals surface area contributed by atoms with Crippen LogP contribution in [0.3, 0.4) is 0 Å². The maximum absolute atomic E-state index is 12.7. The Morgan fingerprint density at radius 2 is 1.32 bits per heavy atom. The Morgan fingerprint density at radius 1 is 0.794 bits per heavy atom. The first kappa shape index (κ1) is 22.6. The van der Waals surface area contributed by atoms with Crippen molar-refractivity contribution in [3.05, 3.63) is 115 Å². The van der Waals surface area contributed by atoms with Crippen LogP contribution in [0, 0.1) is 26.1 Å². The third-order valence-electron chi connectivity index (χ3n) is 5.56. The smallest absolute Gasteiger partial charge is 0.338 e.